The third-order valence-corrected chi connectivity index (χ3v) is 7.83. The molecule has 4 aromatic rings. The maximum Gasteiger partial charge on any atom is 0.335 e. The third-order valence-electron chi connectivity index (χ3n) is 5.80. The molecule has 1 amide bonds. The number of para-hydroxylation sites is 1. The molecule has 0 bridgehead atoms. The van der Waals surface area contributed by atoms with Crippen LogP contribution in [-0.2, 0) is 16.6 Å². The Morgan fingerprint density at radius 1 is 0.923 bits per heavy atom. The van der Waals surface area contributed by atoms with E-state index in [1.165, 1.54) is 40.9 Å². The highest BCUT2D eigenvalue weighted by Gasteiger charge is 2.28. The van der Waals surface area contributed by atoms with Crippen molar-refractivity contribution in [1.82, 2.24) is 5.43 Å². The first-order valence-electron chi connectivity index (χ1n) is 11.7. The number of hydrogen-bond donors (Lipinski definition) is 2. The highest BCUT2D eigenvalue weighted by molar-refractivity contribution is 7.92. The zero-order chi connectivity index (χ0) is 28.0. The number of sulfonamides is 1. The van der Waals surface area contributed by atoms with Crippen molar-refractivity contribution in [3.05, 3.63) is 130 Å². The Morgan fingerprint density at radius 2 is 1.56 bits per heavy atom. The molecule has 0 unspecified atom stereocenters. The number of rotatable bonds is 9. The van der Waals surface area contributed by atoms with Crippen molar-refractivity contribution < 1.29 is 23.1 Å². The number of hydrogen-bond acceptors (Lipinski definition) is 5. The van der Waals surface area contributed by atoms with E-state index in [4.69, 9.17) is 16.7 Å². The van der Waals surface area contributed by atoms with Gasteiger partial charge in [0.05, 0.1) is 34.5 Å². The lowest BCUT2D eigenvalue weighted by atomic mass is 10.1. The molecule has 2 N–H and O–H groups in total. The van der Waals surface area contributed by atoms with E-state index in [9.17, 15) is 18.0 Å². The average Bonchev–Trinajstić information content (AvgIpc) is 2.93. The zero-order valence-electron chi connectivity index (χ0n) is 20.8. The van der Waals surface area contributed by atoms with Gasteiger partial charge >= 0.3 is 5.97 Å². The second kappa shape index (κ2) is 11.9. The first kappa shape index (κ1) is 27.6. The van der Waals surface area contributed by atoms with E-state index in [1.54, 1.807) is 66.7 Å². The lowest BCUT2D eigenvalue weighted by Crippen LogP contribution is -2.33. The molecule has 0 aliphatic carbocycles. The van der Waals surface area contributed by atoms with E-state index in [-0.39, 0.29) is 28.3 Å². The second-order valence-corrected chi connectivity index (χ2v) is 10.9. The van der Waals surface area contributed by atoms with Crippen molar-refractivity contribution in [2.24, 2.45) is 5.10 Å². The number of carbonyl (C=O) groups excluding carboxylic acids is 1. The summed E-state index contributed by atoms with van der Waals surface area (Å²) >= 11 is 6.02. The van der Waals surface area contributed by atoms with Crippen molar-refractivity contribution in [3.63, 3.8) is 0 Å². The predicted molar refractivity (Wildman–Crippen MR) is 151 cm³/mol. The minimum Gasteiger partial charge on any atom is -0.478 e. The molecule has 0 aliphatic rings. The molecular formula is C29H24ClN3O5S. The van der Waals surface area contributed by atoms with E-state index >= 15 is 0 Å². The summed E-state index contributed by atoms with van der Waals surface area (Å²) in [6.45, 7) is 1.82. The van der Waals surface area contributed by atoms with Crippen LogP contribution in [-0.4, -0.2) is 31.6 Å². The minimum atomic E-state index is -4.08. The lowest BCUT2D eigenvalue weighted by molar-refractivity contribution is 0.0696. The number of nitrogens with zero attached hydrogens (tertiary/aromatic N) is 2. The number of aryl methyl sites for hydroxylation is 1. The summed E-state index contributed by atoms with van der Waals surface area (Å²) in [4.78, 5) is 24.3. The Bertz CT molecular complexity index is 1620. The number of aromatic carboxylic acids is 1. The fourth-order valence-electron chi connectivity index (χ4n) is 3.71. The molecule has 0 saturated heterocycles. The van der Waals surface area contributed by atoms with Crippen molar-refractivity contribution in [2.45, 2.75) is 18.4 Å². The van der Waals surface area contributed by atoms with Crippen LogP contribution in [0.4, 0.5) is 5.69 Å². The van der Waals surface area contributed by atoms with Crippen LogP contribution < -0.4 is 9.73 Å². The van der Waals surface area contributed by atoms with Crippen molar-refractivity contribution in [1.29, 1.82) is 0 Å². The maximum atomic E-state index is 13.9. The van der Waals surface area contributed by atoms with Crippen molar-refractivity contribution >= 4 is 45.4 Å². The quantitative estimate of drug-likeness (QED) is 0.206. The number of hydrazone groups is 1. The lowest BCUT2D eigenvalue weighted by Gasteiger charge is -2.26. The number of benzene rings is 4. The fraction of sp³-hybridized carbons (Fsp3) is 0.0690. The van der Waals surface area contributed by atoms with Crippen molar-refractivity contribution in [2.75, 3.05) is 4.31 Å². The van der Waals surface area contributed by atoms with Crippen LogP contribution in [0.5, 0.6) is 0 Å². The summed E-state index contributed by atoms with van der Waals surface area (Å²) in [5.41, 5.74) is 4.98. The van der Waals surface area contributed by atoms with Gasteiger partial charge in [-0.1, -0.05) is 65.7 Å². The SMILES string of the molecule is Cc1ccc(S(=O)(=O)N(Cc2ccc(Cl)cc2)c2ccccc2C(=O)N/N=C\c2ccc(C(=O)O)cc2)cc1. The number of amides is 1. The van der Waals surface area contributed by atoms with Gasteiger partial charge in [-0.15, -0.1) is 0 Å². The molecule has 0 heterocycles. The van der Waals surface area contributed by atoms with Gasteiger partial charge in [-0.05, 0) is 66.6 Å². The van der Waals surface area contributed by atoms with Crippen molar-refractivity contribution in [3.8, 4) is 0 Å². The Hall–Kier alpha value is -4.47. The molecule has 39 heavy (non-hydrogen) atoms. The standard InChI is InChI=1S/C29H24ClN3O5S/c1-20-6-16-25(17-7-20)39(37,38)33(19-22-10-14-24(30)15-11-22)27-5-3-2-4-26(27)28(34)32-31-18-21-8-12-23(13-9-21)29(35)36/h2-18H,19H2,1H3,(H,32,34)(H,35,36)/b31-18-. The molecule has 8 nitrogen and oxygen atoms in total. The topological polar surface area (TPSA) is 116 Å². The maximum absolute atomic E-state index is 13.9. The largest absolute Gasteiger partial charge is 0.478 e. The number of carboxylic acid groups (broad SMARTS) is 1. The molecule has 0 aliphatic heterocycles. The smallest absolute Gasteiger partial charge is 0.335 e. The van der Waals surface area contributed by atoms with Crippen LogP contribution in [0, 0.1) is 6.92 Å². The summed E-state index contributed by atoms with van der Waals surface area (Å²) in [7, 11) is -4.08. The molecule has 198 valence electrons. The molecule has 0 spiro atoms. The summed E-state index contributed by atoms with van der Waals surface area (Å²) in [5.74, 6) is -1.67. The third kappa shape index (κ3) is 6.70. The Labute approximate surface area is 231 Å². The summed E-state index contributed by atoms with van der Waals surface area (Å²) in [6, 6.07) is 25.6. The molecule has 0 aromatic heterocycles. The van der Waals surface area contributed by atoms with Crippen LogP contribution in [0.1, 0.15) is 37.4 Å². The van der Waals surface area contributed by atoms with Crippen LogP contribution >= 0.6 is 11.6 Å². The molecule has 4 rings (SSSR count). The predicted octanol–water partition coefficient (Wildman–Crippen LogP) is 5.51. The molecular weight excluding hydrogens is 538 g/mol. The average molecular weight is 562 g/mol. The first-order chi connectivity index (χ1) is 18.6. The van der Waals surface area contributed by atoms with Gasteiger partial charge in [0, 0.05) is 5.02 Å². The summed E-state index contributed by atoms with van der Waals surface area (Å²) in [5, 5.41) is 13.5. The molecule has 0 radical (unpaired) electrons. The second-order valence-electron chi connectivity index (χ2n) is 8.59. The van der Waals surface area contributed by atoms with Gasteiger partial charge in [-0.2, -0.15) is 5.10 Å². The van der Waals surface area contributed by atoms with Crippen LogP contribution in [0.15, 0.2) is 107 Å². The number of halogens is 1. The van der Waals surface area contributed by atoms with Gasteiger partial charge < -0.3 is 5.11 Å². The molecule has 0 fully saturated rings. The highest BCUT2D eigenvalue weighted by Crippen LogP contribution is 2.30. The van der Waals surface area contributed by atoms with Gasteiger partial charge in [0.15, 0.2) is 0 Å². The molecule has 0 saturated carbocycles. The zero-order valence-corrected chi connectivity index (χ0v) is 22.4. The van der Waals surface area contributed by atoms with E-state index in [2.05, 4.69) is 10.5 Å². The number of carbonyl (C=O) groups is 2. The van der Waals surface area contributed by atoms with Crippen LogP contribution in [0.2, 0.25) is 5.02 Å². The monoisotopic (exact) mass is 561 g/mol. The summed E-state index contributed by atoms with van der Waals surface area (Å²) < 4.78 is 28.9. The van der Waals surface area contributed by atoms with E-state index < -0.39 is 21.9 Å². The van der Waals surface area contributed by atoms with Gasteiger partial charge in [0.1, 0.15) is 0 Å². The molecule has 10 heteroatoms. The first-order valence-corrected chi connectivity index (χ1v) is 13.6. The van der Waals surface area contributed by atoms with Gasteiger partial charge in [0.2, 0.25) is 0 Å². The minimum absolute atomic E-state index is 0.0448. The van der Waals surface area contributed by atoms with Gasteiger partial charge in [-0.25, -0.2) is 18.6 Å². The van der Waals surface area contributed by atoms with Gasteiger partial charge in [0.25, 0.3) is 15.9 Å². The number of anilines is 1. The number of carboxylic acids is 1. The number of nitrogens with one attached hydrogen (secondary N) is 1. The Kier molecular flexibility index (Phi) is 8.43. The van der Waals surface area contributed by atoms with Crippen LogP contribution in [0.25, 0.3) is 0 Å². The normalized spacial score (nSPS) is 11.3. The van der Waals surface area contributed by atoms with Crippen LogP contribution in [0.3, 0.4) is 0 Å². The van der Waals surface area contributed by atoms with Gasteiger partial charge in [-0.3, -0.25) is 9.10 Å². The van der Waals surface area contributed by atoms with E-state index in [1.807, 2.05) is 6.92 Å². The fourth-order valence-corrected chi connectivity index (χ4v) is 5.31. The Morgan fingerprint density at radius 3 is 2.21 bits per heavy atom. The Balaban J connectivity index is 1.67. The van der Waals surface area contributed by atoms with E-state index in [0.717, 1.165) is 5.56 Å². The highest BCUT2D eigenvalue weighted by atomic mass is 35.5. The van der Waals surface area contributed by atoms with E-state index in [0.29, 0.717) is 16.1 Å². The molecule has 0 atom stereocenters. The summed E-state index contributed by atoms with van der Waals surface area (Å²) in [6.07, 6.45) is 1.36. The molecule has 4 aromatic carbocycles.